The van der Waals surface area contributed by atoms with Crippen LogP contribution in [0.25, 0.3) is 0 Å². The number of fused-ring (bicyclic) bond motifs is 1. The lowest BCUT2D eigenvalue weighted by molar-refractivity contribution is -0.139. The Labute approximate surface area is 122 Å². The van der Waals surface area contributed by atoms with E-state index >= 15 is 0 Å². The number of aliphatic imine (C=N–C) groups is 1. The van der Waals surface area contributed by atoms with E-state index in [1.54, 1.807) is 24.3 Å². The molecule has 2 aromatic carbocycles. The van der Waals surface area contributed by atoms with Crippen molar-refractivity contribution in [3.63, 3.8) is 0 Å². The Balaban J connectivity index is 2.08. The predicted octanol–water partition coefficient (Wildman–Crippen LogP) is 3.92. The van der Waals surface area contributed by atoms with Crippen molar-refractivity contribution in [1.29, 1.82) is 0 Å². The van der Waals surface area contributed by atoms with Gasteiger partial charge in [-0.3, -0.25) is 4.79 Å². The number of nitrogens with one attached hydrogen (secondary N) is 1. The third-order valence-electron chi connectivity index (χ3n) is 3.14. The molecule has 0 spiro atoms. The average molecular weight is 308 g/mol. The molecule has 7 heteroatoms. The molecule has 0 unspecified atom stereocenters. The van der Waals surface area contributed by atoms with Crippen molar-refractivity contribution in [2.24, 2.45) is 4.99 Å². The van der Waals surface area contributed by atoms with Gasteiger partial charge in [0.25, 0.3) is 5.91 Å². The van der Waals surface area contributed by atoms with Crippen molar-refractivity contribution in [2.75, 3.05) is 5.32 Å². The molecule has 0 aromatic heterocycles. The molecule has 22 heavy (non-hydrogen) atoms. The van der Waals surface area contributed by atoms with Gasteiger partial charge in [0.05, 0.1) is 16.9 Å². The SMILES string of the molecule is O=C1Nc2ccccc2C1=Nc1ccc(F)c(C(F)(F)F)c1. The lowest BCUT2D eigenvalue weighted by atomic mass is 10.1. The van der Waals surface area contributed by atoms with Crippen LogP contribution in [0.3, 0.4) is 0 Å². The number of hydrogen-bond donors (Lipinski definition) is 1. The maximum Gasteiger partial charge on any atom is 0.419 e. The van der Waals surface area contributed by atoms with E-state index in [1.807, 2.05) is 0 Å². The van der Waals surface area contributed by atoms with E-state index in [-0.39, 0.29) is 11.4 Å². The third-order valence-corrected chi connectivity index (χ3v) is 3.14. The Kier molecular flexibility index (Phi) is 3.20. The lowest BCUT2D eigenvalue weighted by Gasteiger charge is -2.08. The maximum atomic E-state index is 13.2. The number of rotatable bonds is 1. The zero-order chi connectivity index (χ0) is 15.9. The number of nitrogens with zero attached hydrogens (tertiary/aromatic N) is 1. The average Bonchev–Trinajstić information content (AvgIpc) is 2.76. The second-order valence-electron chi connectivity index (χ2n) is 4.62. The molecule has 0 fully saturated rings. The number of halogens is 4. The van der Waals surface area contributed by atoms with Crippen molar-refractivity contribution < 1.29 is 22.4 Å². The molecular formula is C15H8F4N2O. The molecule has 2 aromatic rings. The predicted molar refractivity (Wildman–Crippen MR) is 72.7 cm³/mol. The molecule has 3 nitrogen and oxygen atoms in total. The first kappa shape index (κ1) is 14.2. The van der Waals surface area contributed by atoms with Gasteiger partial charge >= 0.3 is 6.18 Å². The molecule has 1 aliphatic heterocycles. The summed E-state index contributed by atoms with van der Waals surface area (Å²) in [4.78, 5) is 15.8. The van der Waals surface area contributed by atoms with Gasteiger partial charge in [-0.25, -0.2) is 9.38 Å². The Bertz CT molecular complexity index is 796. The highest BCUT2D eigenvalue weighted by atomic mass is 19.4. The van der Waals surface area contributed by atoms with Gasteiger partial charge in [0, 0.05) is 5.56 Å². The van der Waals surface area contributed by atoms with E-state index in [1.165, 1.54) is 0 Å². The van der Waals surface area contributed by atoms with Crippen molar-refractivity contribution >= 4 is 23.0 Å². The van der Waals surface area contributed by atoms with E-state index < -0.39 is 23.5 Å². The van der Waals surface area contributed by atoms with Crippen LogP contribution in [0.5, 0.6) is 0 Å². The first-order chi connectivity index (χ1) is 10.4. The molecule has 1 N–H and O–H groups in total. The van der Waals surface area contributed by atoms with Crippen LogP contribution in [-0.2, 0) is 11.0 Å². The van der Waals surface area contributed by atoms with Crippen molar-refractivity contribution in [3.8, 4) is 0 Å². The zero-order valence-electron chi connectivity index (χ0n) is 10.9. The lowest BCUT2D eigenvalue weighted by Crippen LogP contribution is -2.14. The second-order valence-corrected chi connectivity index (χ2v) is 4.62. The van der Waals surface area contributed by atoms with Crippen LogP contribution >= 0.6 is 0 Å². The molecule has 0 saturated heterocycles. The maximum absolute atomic E-state index is 13.2. The van der Waals surface area contributed by atoms with Gasteiger partial charge in [-0.05, 0) is 24.3 Å². The molecule has 112 valence electrons. The summed E-state index contributed by atoms with van der Waals surface area (Å²) >= 11 is 0. The number of alkyl halides is 3. The van der Waals surface area contributed by atoms with Crippen LogP contribution in [0, 0.1) is 5.82 Å². The summed E-state index contributed by atoms with van der Waals surface area (Å²) in [7, 11) is 0. The largest absolute Gasteiger partial charge is 0.419 e. The van der Waals surface area contributed by atoms with Gasteiger partial charge in [0.2, 0.25) is 0 Å². The fourth-order valence-electron chi connectivity index (χ4n) is 2.14. The molecular weight excluding hydrogens is 300 g/mol. The summed E-state index contributed by atoms with van der Waals surface area (Å²) < 4.78 is 51.3. The number of para-hydroxylation sites is 1. The number of benzene rings is 2. The fourth-order valence-corrected chi connectivity index (χ4v) is 2.14. The summed E-state index contributed by atoms with van der Waals surface area (Å²) in [6.45, 7) is 0. The summed E-state index contributed by atoms with van der Waals surface area (Å²) in [5.41, 5.74) is -0.540. The van der Waals surface area contributed by atoms with Crippen LogP contribution in [-0.4, -0.2) is 11.6 Å². The summed E-state index contributed by atoms with van der Waals surface area (Å²) in [6, 6.07) is 9.02. The molecule has 1 amide bonds. The number of carbonyl (C=O) groups excluding carboxylic acids is 1. The molecule has 0 atom stereocenters. The van der Waals surface area contributed by atoms with Crippen LogP contribution in [0.1, 0.15) is 11.1 Å². The first-order valence-corrected chi connectivity index (χ1v) is 6.22. The van der Waals surface area contributed by atoms with E-state index in [9.17, 15) is 22.4 Å². The van der Waals surface area contributed by atoms with Gasteiger partial charge in [-0.1, -0.05) is 18.2 Å². The molecule has 0 radical (unpaired) electrons. The molecule has 1 aliphatic rings. The number of hydrogen-bond acceptors (Lipinski definition) is 2. The van der Waals surface area contributed by atoms with Gasteiger partial charge in [-0.2, -0.15) is 13.2 Å². The minimum absolute atomic E-state index is 0.00432. The van der Waals surface area contributed by atoms with Crippen LogP contribution in [0.2, 0.25) is 0 Å². The smallest absolute Gasteiger partial charge is 0.320 e. The Morgan fingerprint density at radius 3 is 2.50 bits per heavy atom. The van der Waals surface area contributed by atoms with Crippen molar-refractivity contribution in [2.45, 2.75) is 6.18 Å². The van der Waals surface area contributed by atoms with Crippen LogP contribution in [0.15, 0.2) is 47.5 Å². The Morgan fingerprint density at radius 1 is 1.05 bits per heavy atom. The van der Waals surface area contributed by atoms with E-state index in [4.69, 9.17) is 0 Å². The Morgan fingerprint density at radius 2 is 1.77 bits per heavy atom. The first-order valence-electron chi connectivity index (χ1n) is 6.22. The van der Waals surface area contributed by atoms with Crippen LogP contribution < -0.4 is 5.32 Å². The quantitative estimate of drug-likeness (QED) is 0.797. The highest BCUT2D eigenvalue weighted by molar-refractivity contribution is 6.54. The number of anilines is 1. The van der Waals surface area contributed by atoms with E-state index in [2.05, 4.69) is 10.3 Å². The highest BCUT2D eigenvalue weighted by Gasteiger charge is 2.34. The Hall–Kier alpha value is -2.70. The molecule has 0 aliphatic carbocycles. The fraction of sp³-hybridized carbons (Fsp3) is 0.0667. The van der Waals surface area contributed by atoms with Crippen LogP contribution in [0.4, 0.5) is 28.9 Å². The van der Waals surface area contributed by atoms with Gasteiger partial charge in [0.1, 0.15) is 11.5 Å². The summed E-state index contributed by atoms with van der Waals surface area (Å²) in [5, 5.41) is 2.56. The van der Waals surface area contributed by atoms with E-state index in [0.717, 1.165) is 6.07 Å². The normalized spacial score (nSPS) is 15.8. The van der Waals surface area contributed by atoms with Crippen molar-refractivity contribution in [1.82, 2.24) is 0 Å². The van der Waals surface area contributed by atoms with Gasteiger partial charge in [0.15, 0.2) is 0 Å². The topological polar surface area (TPSA) is 41.5 Å². The third kappa shape index (κ3) is 2.45. The highest BCUT2D eigenvalue weighted by Crippen LogP contribution is 2.34. The van der Waals surface area contributed by atoms with Crippen molar-refractivity contribution in [3.05, 3.63) is 59.4 Å². The second kappa shape index (κ2) is 4.94. The molecule has 0 saturated carbocycles. The number of carbonyl (C=O) groups is 1. The van der Waals surface area contributed by atoms with Gasteiger partial charge < -0.3 is 5.32 Å². The number of amides is 1. The monoisotopic (exact) mass is 308 g/mol. The molecule has 1 heterocycles. The molecule has 0 bridgehead atoms. The standard InChI is InChI=1S/C15H8F4N2O/c16-11-6-5-8(7-10(11)15(17,18)19)20-13-9-3-1-2-4-12(9)21-14(13)22/h1-7H,(H,20,21,22). The minimum atomic E-state index is -4.82. The molecule has 3 rings (SSSR count). The minimum Gasteiger partial charge on any atom is -0.320 e. The van der Waals surface area contributed by atoms with E-state index in [0.29, 0.717) is 23.4 Å². The zero-order valence-corrected chi connectivity index (χ0v) is 10.9. The van der Waals surface area contributed by atoms with Gasteiger partial charge in [-0.15, -0.1) is 0 Å². The summed E-state index contributed by atoms with van der Waals surface area (Å²) in [6.07, 6.45) is -4.82. The summed E-state index contributed by atoms with van der Waals surface area (Å²) in [5.74, 6) is -1.90.